The van der Waals surface area contributed by atoms with Crippen molar-refractivity contribution in [1.29, 1.82) is 0 Å². The zero-order valence-electron chi connectivity index (χ0n) is 11.7. The van der Waals surface area contributed by atoms with Gasteiger partial charge in [-0.3, -0.25) is 4.79 Å². The molecule has 0 saturated carbocycles. The molecule has 21 heavy (non-hydrogen) atoms. The third-order valence-electron chi connectivity index (χ3n) is 3.57. The van der Waals surface area contributed by atoms with Gasteiger partial charge in [-0.25, -0.2) is 4.39 Å². The summed E-state index contributed by atoms with van der Waals surface area (Å²) in [6.45, 7) is 2.89. The Labute approximate surface area is 121 Å². The van der Waals surface area contributed by atoms with Gasteiger partial charge in [-0.15, -0.1) is 0 Å². The van der Waals surface area contributed by atoms with E-state index in [1.165, 1.54) is 12.1 Å². The minimum atomic E-state index is -0.282. The van der Waals surface area contributed by atoms with Crippen molar-refractivity contribution in [1.82, 2.24) is 10.1 Å². The zero-order chi connectivity index (χ0) is 14.8. The fraction of sp³-hybridized carbons (Fsp3) is 0.250. The van der Waals surface area contributed by atoms with Crippen LogP contribution in [0.15, 0.2) is 40.9 Å². The number of carbonyl (C=O) groups excluding carboxylic acids is 1. The van der Waals surface area contributed by atoms with E-state index in [1.54, 1.807) is 29.2 Å². The summed E-state index contributed by atoms with van der Waals surface area (Å²) < 4.78 is 18.4. The highest BCUT2D eigenvalue weighted by molar-refractivity contribution is 5.87. The van der Waals surface area contributed by atoms with Gasteiger partial charge in [0.25, 0.3) is 0 Å². The van der Waals surface area contributed by atoms with Gasteiger partial charge in [0.15, 0.2) is 5.76 Å². The molecule has 108 valence electrons. The number of carbonyl (C=O) groups is 1. The van der Waals surface area contributed by atoms with Gasteiger partial charge in [0, 0.05) is 17.7 Å². The normalized spacial score (nSPS) is 14.5. The summed E-state index contributed by atoms with van der Waals surface area (Å²) >= 11 is 0. The van der Waals surface area contributed by atoms with Gasteiger partial charge < -0.3 is 9.42 Å². The molecular weight excluding hydrogens is 271 g/mol. The van der Waals surface area contributed by atoms with Crippen molar-refractivity contribution >= 4 is 5.91 Å². The number of benzene rings is 1. The van der Waals surface area contributed by atoms with E-state index in [0.29, 0.717) is 25.3 Å². The van der Waals surface area contributed by atoms with Crippen molar-refractivity contribution in [3.8, 4) is 11.3 Å². The summed E-state index contributed by atoms with van der Waals surface area (Å²) in [5.74, 6) is 0.368. The lowest BCUT2D eigenvalue weighted by Gasteiger charge is -2.24. The van der Waals surface area contributed by atoms with Crippen LogP contribution in [0, 0.1) is 5.82 Å². The maximum absolute atomic E-state index is 13.0. The van der Waals surface area contributed by atoms with Crippen molar-refractivity contribution in [2.75, 3.05) is 6.54 Å². The monoisotopic (exact) mass is 286 g/mol. The maximum Gasteiger partial charge on any atom is 0.246 e. The molecule has 1 amide bonds. The molecular formula is C16H15FN2O2. The molecule has 0 aliphatic carbocycles. The average molecular weight is 286 g/mol. The molecule has 4 nitrogen and oxygen atoms in total. The first-order chi connectivity index (χ1) is 10.2. The van der Waals surface area contributed by atoms with Crippen molar-refractivity contribution in [3.05, 3.63) is 53.5 Å². The first-order valence-corrected chi connectivity index (χ1v) is 6.84. The average Bonchev–Trinajstić information content (AvgIpc) is 2.91. The van der Waals surface area contributed by atoms with Crippen LogP contribution >= 0.6 is 0 Å². The number of amides is 1. The van der Waals surface area contributed by atoms with Crippen LogP contribution in [0.5, 0.6) is 0 Å². The molecule has 0 bridgehead atoms. The Morgan fingerprint density at radius 2 is 2.14 bits per heavy atom. The van der Waals surface area contributed by atoms with E-state index in [4.69, 9.17) is 4.52 Å². The van der Waals surface area contributed by atoms with E-state index in [0.717, 1.165) is 16.8 Å². The topological polar surface area (TPSA) is 46.3 Å². The first-order valence-electron chi connectivity index (χ1n) is 6.84. The Morgan fingerprint density at radius 1 is 1.38 bits per heavy atom. The lowest BCUT2D eigenvalue weighted by atomic mass is 10.0. The van der Waals surface area contributed by atoms with Crippen LogP contribution in [-0.4, -0.2) is 22.5 Å². The predicted molar refractivity (Wildman–Crippen MR) is 75.8 cm³/mol. The van der Waals surface area contributed by atoms with Crippen molar-refractivity contribution in [3.63, 3.8) is 0 Å². The molecule has 1 aromatic carbocycles. The van der Waals surface area contributed by atoms with Gasteiger partial charge in [-0.2, -0.15) is 0 Å². The second-order valence-corrected chi connectivity index (χ2v) is 4.95. The quantitative estimate of drug-likeness (QED) is 0.797. The molecule has 0 atom stereocenters. The molecule has 0 spiro atoms. The van der Waals surface area contributed by atoms with Crippen LogP contribution < -0.4 is 0 Å². The van der Waals surface area contributed by atoms with Crippen LogP contribution in [0.2, 0.25) is 0 Å². The van der Waals surface area contributed by atoms with Crippen LogP contribution in [0.25, 0.3) is 11.3 Å². The summed E-state index contributed by atoms with van der Waals surface area (Å²) in [6, 6.07) is 6.14. The Morgan fingerprint density at radius 3 is 2.86 bits per heavy atom. The highest BCUT2D eigenvalue weighted by Gasteiger charge is 2.26. The second kappa shape index (κ2) is 5.52. The van der Waals surface area contributed by atoms with Gasteiger partial charge in [-0.05, 0) is 43.7 Å². The van der Waals surface area contributed by atoms with E-state index >= 15 is 0 Å². The number of hydrogen-bond acceptors (Lipinski definition) is 3. The third kappa shape index (κ3) is 2.59. The first kappa shape index (κ1) is 13.5. The minimum absolute atomic E-state index is 0.0190. The summed E-state index contributed by atoms with van der Waals surface area (Å²) in [5, 5.41) is 4.06. The van der Waals surface area contributed by atoms with Gasteiger partial charge in [-0.1, -0.05) is 11.2 Å². The number of aromatic nitrogens is 1. The fourth-order valence-corrected chi connectivity index (χ4v) is 2.50. The predicted octanol–water partition coefficient (Wildman–Crippen LogP) is 2.94. The molecule has 0 saturated heterocycles. The Balaban J connectivity index is 1.87. The number of hydrogen-bond donors (Lipinski definition) is 0. The molecule has 3 rings (SSSR count). The molecule has 0 unspecified atom stereocenters. The van der Waals surface area contributed by atoms with Gasteiger partial charge in [0.05, 0.1) is 6.54 Å². The number of allylic oxidation sites excluding steroid dienone is 1. The molecule has 5 heteroatoms. The molecule has 1 aliphatic heterocycles. The SMILES string of the molecule is C/C=C/C(=O)N1CCc2c(noc2-c2ccc(F)cc2)C1. The molecule has 1 aliphatic rings. The molecule has 2 heterocycles. The summed E-state index contributed by atoms with van der Waals surface area (Å²) in [6.07, 6.45) is 3.96. The lowest BCUT2D eigenvalue weighted by Crippen LogP contribution is -2.34. The van der Waals surface area contributed by atoms with Crippen LogP contribution in [-0.2, 0) is 17.8 Å². The number of fused-ring (bicyclic) bond motifs is 1. The summed E-state index contributed by atoms with van der Waals surface area (Å²) in [4.78, 5) is 13.6. The van der Waals surface area contributed by atoms with Gasteiger partial charge in [0.2, 0.25) is 5.91 Å². The lowest BCUT2D eigenvalue weighted by molar-refractivity contribution is -0.126. The summed E-state index contributed by atoms with van der Waals surface area (Å²) in [7, 11) is 0. The highest BCUT2D eigenvalue weighted by atomic mass is 19.1. The molecule has 1 aromatic heterocycles. The fourth-order valence-electron chi connectivity index (χ4n) is 2.50. The van der Waals surface area contributed by atoms with E-state index < -0.39 is 0 Å². The van der Waals surface area contributed by atoms with E-state index in [9.17, 15) is 9.18 Å². The van der Waals surface area contributed by atoms with E-state index in [-0.39, 0.29) is 11.7 Å². The van der Waals surface area contributed by atoms with E-state index in [2.05, 4.69) is 5.16 Å². The molecule has 0 N–H and O–H groups in total. The van der Waals surface area contributed by atoms with Crippen molar-refractivity contribution in [2.24, 2.45) is 0 Å². The Hall–Kier alpha value is -2.43. The molecule has 0 fully saturated rings. The molecule has 0 radical (unpaired) electrons. The van der Waals surface area contributed by atoms with Gasteiger partial charge in [0.1, 0.15) is 11.5 Å². The van der Waals surface area contributed by atoms with Crippen molar-refractivity contribution in [2.45, 2.75) is 19.9 Å². The van der Waals surface area contributed by atoms with E-state index in [1.807, 2.05) is 6.92 Å². The Kier molecular flexibility index (Phi) is 3.56. The van der Waals surface area contributed by atoms with Crippen molar-refractivity contribution < 1.29 is 13.7 Å². The third-order valence-corrected chi connectivity index (χ3v) is 3.57. The zero-order valence-corrected chi connectivity index (χ0v) is 11.7. The highest BCUT2D eigenvalue weighted by Crippen LogP contribution is 2.30. The summed E-state index contributed by atoms with van der Waals surface area (Å²) in [5.41, 5.74) is 2.59. The van der Waals surface area contributed by atoms with Crippen LogP contribution in [0.3, 0.4) is 0 Å². The smallest absolute Gasteiger partial charge is 0.246 e. The second-order valence-electron chi connectivity index (χ2n) is 4.95. The van der Waals surface area contributed by atoms with Gasteiger partial charge >= 0.3 is 0 Å². The maximum atomic E-state index is 13.0. The Bertz CT molecular complexity index is 689. The standard InChI is InChI=1S/C16H15FN2O2/c1-2-3-15(20)19-9-8-13-14(10-19)18-21-16(13)11-4-6-12(17)7-5-11/h2-7H,8-10H2,1H3/b3-2+. The van der Waals surface area contributed by atoms with Crippen LogP contribution in [0.4, 0.5) is 4.39 Å². The number of nitrogens with zero attached hydrogens (tertiary/aromatic N) is 2. The van der Waals surface area contributed by atoms with Crippen LogP contribution in [0.1, 0.15) is 18.2 Å². The molecule has 2 aromatic rings. The number of halogens is 1. The number of rotatable bonds is 2. The minimum Gasteiger partial charge on any atom is -0.356 e. The largest absolute Gasteiger partial charge is 0.356 e.